The third-order valence-corrected chi connectivity index (χ3v) is 9.83. The number of carbonyl (C=O) groups excluding carboxylic acids is 1. The summed E-state index contributed by atoms with van der Waals surface area (Å²) in [6, 6.07) is 22.1. The minimum atomic E-state index is -0.797. The minimum absolute atomic E-state index is 0.0141. The number of likely N-dealkylation sites (tertiary alicyclic amines) is 1. The number of anilines is 2. The molecule has 2 saturated heterocycles. The van der Waals surface area contributed by atoms with E-state index in [9.17, 15) is 14.9 Å². The lowest BCUT2D eigenvalue weighted by atomic mass is 9.89. The number of amides is 1. The number of carbonyl (C=O) groups is 1. The van der Waals surface area contributed by atoms with Crippen molar-refractivity contribution in [3.63, 3.8) is 0 Å². The Morgan fingerprint density at radius 3 is 2.40 bits per heavy atom. The summed E-state index contributed by atoms with van der Waals surface area (Å²) in [6.07, 6.45) is 6.30. The molecule has 0 aliphatic carbocycles. The van der Waals surface area contributed by atoms with Crippen LogP contribution in [0.25, 0.3) is 16.7 Å². The average molecular weight is 699 g/mol. The summed E-state index contributed by atoms with van der Waals surface area (Å²) in [4.78, 5) is 48.2. The molecule has 5 aromatic rings. The fraction of sp³-hybridized carbons (Fsp3) is 0.333. The number of para-hydroxylation sites is 1. The van der Waals surface area contributed by atoms with Gasteiger partial charge < -0.3 is 25.2 Å². The number of pyridine rings is 1. The van der Waals surface area contributed by atoms with E-state index in [0.29, 0.717) is 53.4 Å². The van der Waals surface area contributed by atoms with Gasteiger partial charge in [0.15, 0.2) is 0 Å². The van der Waals surface area contributed by atoms with Crippen LogP contribution in [0, 0.1) is 11.3 Å². The van der Waals surface area contributed by atoms with Gasteiger partial charge in [-0.25, -0.2) is 19.7 Å². The molecule has 13 heteroatoms. The molecule has 52 heavy (non-hydrogen) atoms. The fourth-order valence-corrected chi connectivity index (χ4v) is 7.03. The van der Waals surface area contributed by atoms with Crippen LogP contribution in [0.5, 0.6) is 11.5 Å². The number of rotatable bonds is 8. The number of imidazole rings is 1. The molecule has 1 amide bonds. The molecule has 2 aliphatic rings. The van der Waals surface area contributed by atoms with Crippen molar-refractivity contribution in [2.45, 2.75) is 38.1 Å². The second kappa shape index (κ2) is 14.3. The van der Waals surface area contributed by atoms with E-state index in [1.54, 1.807) is 50.7 Å². The molecule has 2 fully saturated rings. The molecule has 1 unspecified atom stereocenters. The summed E-state index contributed by atoms with van der Waals surface area (Å²) < 4.78 is 9.22. The highest BCUT2D eigenvalue weighted by atomic mass is 16.5. The van der Waals surface area contributed by atoms with Crippen molar-refractivity contribution < 1.29 is 9.53 Å². The second-order valence-corrected chi connectivity index (χ2v) is 13.9. The Balaban J connectivity index is 1.15. The quantitative estimate of drug-likeness (QED) is 0.179. The highest BCUT2D eigenvalue weighted by Gasteiger charge is 2.32. The molecule has 2 aliphatic heterocycles. The normalized spacial score (nSPS) is 17.3. The van der Waals surface area contributed by atoms with Crippen molar-refractivity contribution in [1.29, 1.82) is 5.26 Å². The molecule has 13 nitrogen and oxygen atoms in total. The van der Waals surface area contributed by atoms with Gasteiger partial charge in [-0.3, -0.25) is 13.9 Å². The smallest absolute Gasteiger partial charge is 0.334 e. The molecule has 2 aromatic carbocycles. The SMILES string of the molecule is CN1CCN(c2ccnc(C(C)(C)C=C(C#N)C(=O)N3CCCC(n4c(=O)n(-c5ccc(Oc6ccccc6)cc5)c5c(N)nccc54)C3)n2)CC1. The van der Waals surface area contributed by atoms with Crippen LogP contribution in [-0.2, 0) is 10.2 Å². The maximum absolute atomic E-state index is 14.3. The van der Waals surface area contributed by atoms with Crippen LogP contribution < -0.4 is 21.1 Å². The van der Waals surface area contributed by atoms with Crippen LogP contribution in [0.4, 0.5) is 11.6 Å². The van der Waals surface area contributed by atoms with E-state index in [1.807, 2.05) is 62.4 Å². The predicted molar refractivity (Wildman–Crippen MR) is 200 cm³/mol. The Morgan fingerprint density at radius 2 is 1.67 bits per heavy atom. The number of nitriles is 1. The zero-order chi connectivity index (χ0) is 36.4. The summed E-state index contributed by atoms with van der Waals surface area (Å²) in [6.45, 7) is 8.15. The Labute approximate surface area is 302 Å². The third kappa shape index (κ3) is 6.85. The first-order valence-electron chi connectivity index (χ1n) is 17.5. The average Bonchev–Trinajstić information content (AvgIpc) is 3.47. The van der Waals surface area contributed by atoms with Gasteiger partial charge in [0.2, 0.25) is 0 Å². The molecule has 0 radical (unpaired) electrons. The Bertz CT molecular complexity index is 2210. The van der Waals surface area contributed by atoms with E-state index >= 15 is 0 Å². The van der Waals surface area contributed by atoms with E-state index in [1.165, 1.54) is 0 Å². The summed E-state index contributed by atoms with van der Waals surface area (Å²) in [5.74, 6) is 2.53. The highest BCUT2D eigenvalue weighted by Crippen LogP contribution is 2.31. The van der Waals surface area contributed by atoms with Crippen molar-refractivity contribution in [1.82, 2.24) is 33.9 Å². The number of aromatic nitrogens is 5. The van der Waals surface area contributed by atoms with Crippen molar-refractivity contribution >= 4 is 28.6 Å². The number of nitrogens with zero attached hydrogens (tertiary/aromatic N) is 9. The zero-order valence-electron chi connectivity index (χ0n) is 29.6. The monoisotopic (exact) mass is 698 g/mol. The Hall–Kier alpha value is -6.00. The summed E-state index contributed by atoms with van der Waals surface area (Å²) in [5, 5.41) is 10.2. The lowest BCUT2D eigenvalue weighted by Crippen LogP contribution is -2.45. The second-order valence-electron chi connectivity index (χ2n) is 13.9. The number of benzene rings is 2. The molecular formula is C39H42N10O3. The lowest BCUT2D eigenvalue weighted by Gasteiger charge is -2.34. The first-order valence-corrected chi connectivity index (χ1v) is 17.5. The van der Waals surface area contributed by atoms with Crippen LogP contribution in [-0.4, -0.2) is 86.1 Å². The third-order valence-electron chi connectivity index (χ3n) is 9.83. The number of likely N-dealkylation sites (N-methyl/N-ethyl adjacent to an activating group) is 1. The number of ether oxygens (including phenoxy) is 1. The maximum atomic E-state index is 14.3. The molecule has 5 heterocycles. The molecule has 266 valence electrons. The van der Waals surface area contributed by atoms with E-state index < -0.39 is 5.41 Å². The Morgan fingerprint density at radius 1 is 0.962 bits per heavy atom. The molecule has 0 saturated carbocycles. The maximum Gasteiger partial charge on any atom is 0.334 e. The Kier molecular flexibility index (Phi) is 9.49. The van der Waals surface area contributed by atoms with Crippen molar-refractivity contribution in [3.05, 3.63) is 107 Å². The fourth-order valence-electron chi connectivity index (χ4n) is 7.03. The number of fused-ring (bicyclic) bond motifs is 1. The standard InChI is InChI=1S/C39H42N10O3/c1-39(2,37-43-18-16-33(44-37)46-22-20-45(3)21-23-46)24-27(25-40)36(50)47-19-7-8-29(26-47)48-32-15-17-42-35(41)34(32)49(38(48)51)28-11-13-31(14-12-28)52-30-9-5-4-6-10-30/h4-6,9-18,24,29H,7-8,19-23,26H2,1-3H3,(H2,41,42). The molecule has 0 bridgehead atoms. The van der Waals surface area contributed by atoms with E-state index in [2.05, 4.69) is 32.9 Å². The summed E-state index contributed by atoms with van der Waals surface area (Å²) in [7, 11) is 2.11. The van der Waals surface area contributed by atoms with Crippen LogP contribution in [0.3, 0.4) is 0 Å². The first-order chi connectivity index (χ1) is 25.1. The minimum Gasteiger partial charge on any atom is -0.457 e. The van der Waals surface area contributed by atoms with E-state index in [0.717, 1.165) is 32.0 Å². The molecule has 1 atom stereocenters. The molecule has 2 N–H and O–H groups in total. The first kappa shape index (κ1) is 34.4. The molecule has 0 spiro atoms. The van der Waals surface area contributed by atoms with Crippen LogP contribution in [0.1, 0.15) is 38.6 Å². The molecule has 7 rings (SSSR count). The van der Waals surface area contributed by atoms with Crippen molar-refractivity contribution in [3.8, 4) is 23.3 Å². The number of hydrogen-bond acceptors (Lipinski definition) is 10. The number of allylic oxidation sites excluding steroid dienone is 1. The number of nitrogen functional groups attached to an aromatic ring is 1. The highest BCUT2D eigenvalue weighted by molar-refractivity contribution is 5.97. The predicted octanol–water partition coefficient (Wildman–Crippen LogP) is 4.69. The van der Waals surface area contributed by atoms with Gasteiger partial charge in [-0.15, -0.1) is 0 Å². The van der Waals surface area contributed by atoms with Gasteiger partial charge in [0.05, 0.1) is 17.2 Å². The summed E-state index contributed by atoms with van der Waals surface area (Å²) in [5.41, 5.74) is 7.05. The van der Waals surface area contributed by atoms with Crippen LogP contribution in [0.2, 0.25) is 0 Å². The largest absolute Gasteiger partial charge is 0.457 e. The number of piperazine rings is 1. The van der Waals surface area contributed by atoms with E-state index in [4.69, 9.17) is 15.5 Å². The summed E-state index contributed by atoms with van der Waals surface area (Å²) >= 11 is 0. The van der Waals surface area contributed by atoms with Gasteiger partial charge in [0.25, 0.3) is 5.91 Å². The van der Waals surface area contributed by atoms with Crippen molar-refractivity contribution in [2.75, 3.05) is 56.9 Å². The zero-order valence-corrected chi connectivity index (χ0v) is 29.6. The number of nitrogens with two attached hydrogens (primary N) is 1. The molecule has 3 aromatic heterocycles. The van der Waals surface area contributed by atoms with Crippen LogP contribution in [0.15, 0.2) is 95.6 Å². The van der Waals surface area contributed by atoms with Crippen molar-refractivity contribution in [2.24, 2.45) is 0 Å². The van der Waals surface area contributed by atoms with E-state index in [-0.39, 0.29) is 35.6 Å². The lowest BCUT2D eigenvalue weighted by molar-refractivity contribution is -0.128. The van der Waals surface area contributed by atoms with Gasteiger partial charge in [0.1, 0.15) is 46.1 Å². The van der Waals surface area contributed by atoms with Crippen LogP contribution >= 0.6 is 0 Å². The van der Waals surface area contributed by atoms with Gasteiger partial charge in [-0.05, 0) is 88.3 Å². The molecular weight excluding hydrogens is 656 g/mol. The number of piperidine rings is 1. The van der Waals surface area contributed by atoms with Gasteiger partial charge in [-0.2, -0.15) is 5.26 Å². The van der Waals surface area contributed by atoms with Gasteiger partial charge in [0, 0.05) is 57.1 Å². The van der Waals surface area contributed by atoms with Gasteiger partial charge >= 0.3 is 5.69 Å². The topological polar surface area (TPSA) is 151 Å². The van der Waals surface area contributed by atoms with Gasteiger partial charge in [-0.1, -0.05) is 18.2 Å². The number of hydrogen-bond donors (Lipinski definition) is 1.